The van der Waals surface area contributed by atoms with E-state index >= 15 is 0 Å². The van der Waals surface area contributed by atoms with Gasteiger partial charge in [0.2, 0.25) is 5.91 Å². The molecule has 0 saturated heterocycles. The minimum absolute atomic E-state index is 0.0584. The number of rotatable bonds is 9. The Morgan fingerprint density at radius 1 is 0.972 bits per heavy atom. The SMILES string of the molecule is COc1ccc(/C=C/C(=O)Nc2ccccc2C(=O)OCC(=O)Nc2cc([N+](=O)[O-])ccc2C)cc1. The molecule has 3 aromatic carbocycles. The van der Waals surface area contributed by atoms with Crippen molar-refractivity contribution in [3.05, 3.63) is 99.6 Å². The maximum Gasteiger partial charge on any atom is 0.340 e. The number of anilines is 2. The largest absolute Gasteiger partial charge is 0.497 e. The summed E-state index contributed by atoms with van der Waals surface area (Å²) in [7, 11) is 1.56. The Balaban J connectivity index is 1.60. The zero-order chi connectivity index (χ0) is 26.1. The van der Waals surface area contributed by atoms with Gasteiger partial charge in [0.25, 0.3) is 11.6 Å². The highest BCUT2D eigenvalue weighted by Crippen LogP contribution is 2.22. The van der Waals surface area contributed by atoms with E-state index in [-0.39, 0.29) is 22.6 Å². The summed E-state index contributed by atoms with van der Waals surface area (Å²) in [5, 5.41) is 16.1. The van der Waals surface area contributed by atoms with E-state index in [0.29, 0.717) is 11.3 Å². The molecule has 0 atom stereocenters. The van der Waals surface area contributed by atoms with E-state index in [0.717, 1.165) is 5.56 Å². The molecule has 2 amide bonds. The van der Waals surface area contributed by atoms with Crippen LogP contribution in [0.5, 0.6) is 5.75 Å². The molecule has 2 N–H and O–H groups in total. The molecule has 0 aliphatic carbocycles. The fourth-order valence-electron chi connectivity index (χ4n) is 3.08. The lowest BCUT2D eigenvalue weighted by molar-refractivity contribution is -0.384. The number of ether oxygens (including phenoxy) is 2. The van der Waals surface area contributed by atoms with Crippen molar-refractivity contribution in [3.8, 4) is 5.75 Å². The second kappa shape index (κ2) is 11.9. The fraction of sp³-hybridized carbons (Fsp3) is 0.115. The second-order valence-corrected chi connectivity index (χ2v) is 7.52. The Labute approximate surface area is 206 Å². The van der Waals surface area contributed by atoms with Gasteiger partial charge in [-0.3, -0.25) is 19.7 Å². The van der Waals surface area contributed by atoms with Gasteiger partial charge in [-0.2, -0.15) is 0 Å². The van der Waals surface area contributed by atoms with Crippen molar-refractivity contribution < 1.29 is 28.8 Å². The standard InChI is InChI=1S/C26H23N3O7/c1-17-7-11-19(29(33)34)15-23(17)28-25(31)16-36-26(32)21-5-3-4-6-22(21)27-24(30)14-10-18-8-12-20(35-2)13-9-18/h3-15H,16H2,1-2H3,(H,27,30)(H,28,31)/b14-10+. The number of nitrogens with zero attached hydrogens (tertiary/aromatic N) is 1. The molecule has 0 aliphatic heterocycles. The maximum absolute atomic E-state index is 12.6. The lowest BCUT2D eigenvalue weighted by Crippen LogP contribution is -2.22. The Morgan fingerprint density at radius 3 is 2.39 bits per heavy atom. The number of nitro groups is 1. The van der Waals surface area contributed by atoms with Crippen LogP contribution in [-0.2, 0) is 14.3 Å². The van der Waals surface area contributed by atoms with Gasteiger partial charge in [-0.05, 0) is 48.4 Å². The van der Waals surface area contributed by atoms with Crippen LogP contribution in [0.25, 0.3) is 6.08 Å². The zero-order valence-electron chi connectivity index (χ0n) is 19.5. The van der Waals surface area contributed by atoms with Gasteiger partial charge in [0.1, 0.15) is 5.75 Å². The van der Waals surface area contributed by atoms with Crippen LogP contribution in [0, 0.1) is 17.0 Å². The van der Waals surface area contributed by atoms with Gasteiger partial charge in [-0.1, -0.05) is 30.3 Å². The minimum atomic E-state index is -0.823. The average Bonchev–Trinajstić information content (AvgIpc) is 2.87. The maximum atomic E-state index is 12.6. The van der Waals surface area contributed by atoms with Crippen LogP contribution in [0.15, 0.2) is 72.8 Å². The lowest BCUT2D eigenvalue weighted by Gasteiger charge is -2.11. The fourth-order valence-corrected chi connectivity index (χ4v) is 3.08. The predicted molar refractivity (Wildman–Crippen MR) is 134 cm³/mol. The average molecular weight is 489 g/mol. The summed E-state index contributed by atoms with van der Waals surface area (Å²) < 4.78 is 10.2. The third-order valence-electron chi connectivity index (χ3n) is 4.99. The van der Waals surface area contributed by atoms with Crippen LogP contribution < -0.4 is 15.4 Å². The van der Waals surface area contributed by atoms with Crippen molar-refractivity contribution in [2.24, 2.45) is 0 Å². The molecule has 0 bridgehead atoms. The first-order valence-corrected chi connectivity index (χ1v) is 10.7. The predicted octanol–water partition coefficient (Wildman–Crippen LogP) is 4.36. The van der Waals surface area contributed by atoms with Crippen molar-refractivity contribution in [3.63, 3.8) is 0 Å². The highest BCUT2D eigenvalue weighted by Gasteiger charge is 2.16. The molecule has 0 aromatic heterocycles. The number of para-hydroxylation sites is 1. The van der Waals surface area contributed by atoms with Gasteiger partial charge in [-0.25, -0.2) is 4.79 Å². The number of methoxy groups -OCH3 is 1. The van der Waals surface area contributed by atoms with E-state index in [2.05, 4.69) is 10.6 Å². The van der Waals surface area contributed by atoms with Crippen LogP contribution in [0.3, 0.4) is 0 Å². The van der Waals surface area contributed by atoms with Crippen molar-refractivity contribution in [1.29, 1.82) is 0 Å². The molecule has 36 heavy (non-hydrogen) atoms. The molecule has 3 aromatic rings. The number of hydrogen-bond donors (Lipinski definition) is 2. The van der Waals surface area contributed by atoms with Gasteiger partial charge < -0.3 is 20.1 Å². The van der Waals surface area contributed by atoms with E-state index in [1.807, 2.05) is 0 Å². The molecule has 3 rings (SSSR count). The molecular formula is C26H23N3O7. The normalized spacial score (nSPS) is 10.5. The Bertz CT molecular complexity index is 1320. The molecular weight excluding hydrogens is 466 g/mol. The van der Waals surface area contributed by atoms with Gasteiger partial charge in [0.05, 0.1) is 29.0 Å². The number of aryl methyl sites for hydroxylation is 1. The smallest absolute Gasteiger partial charge is 0.340 e. The molecule has 10 heteroatoms. The van der Waals surface area contributed by atoms with Gasteiger partial charge >= 0.3 is 5.97 Å². The Kier molecular flexibility index (Phi) is 8.49. The van der Waals surface area contributed by atoms with E-state index in [4.69, 9.17) is 9.47 Å². The lowest BCUT2D eigenvalue weighted by atomic mass is 10.1. The Morgan fingerprint density at radius 2 is 1.69 bits per heavy atom. The molecule has 0 radical (unpaired) electrons. The second-order valence-electron chi connectivity index (χ2n) is 7.52. The van der Waals surface area contributed by atoms with Crippen LogP contribution >= 0.6 is 0 Å². The number of nitrogens with one attached hydrogen (secondary N) is 2. The summed E-state index contributed by atoms with van der Waals surface area (Å²) in [6.07, 6.45) is 2.93. The summed E-state index contributed by atoms with van der Waals surface area (Å²) in [6, 6.07) is 17.4. The van der Waals surface area contributed by atoms with Crippen molar-refractivity contribution in [2.45, 2.75) is 6.92 Å². The number of nitro benzene ring substituents is 1. The number of non-ortho nitro benzene ring substituents is 1. The molecule has 0 spiro atoms. The summed E-state index contributed by atoms with van der Waals surface area (Å²) in [4.78, 5) is 47.6. The highest BCUT2D eigenvalue weighted by atomic mass is 16.6. The van der Waals surface area contributed by atoms with Gasteiger partial charge in [0, 0.05) is 18.2 Å². The molecule has 0 fully saturated rings. The van der Waals surface area contributed by atoms with Crippen molar-refractivity contribution in [2.75, 3.05) is 24.4 Å². The summed E-state index contributed by atoms with van der Waals surface area (Å²) >= 11 is 0. The van der Waals surface area contributed by atoms with Crippen LogP contribution in [0.1, 0.15) is 21.5 Å². The first-order valence-electron chi connectivity index (χ1n) is 10.7. The molecule has 0 unspecified atom stereocenters. The van der Waals surface area contributed by atoms with E-state index in [1.165, 1.54) is 36.4 Å². The zero-order valence-corrected chi connectivity index (χ0v) is 19.5. The molecule has 10 nitrogen and oxygen atoms in total. The molecule has 0 saturated carbocycles. The van der Waals surface area contributed by atoms with Gasteiger partial charge in [0.15, 0.2) is 6.61 Å². The number of carbonyl (C=O) groups excluding carboxylic acids is 3. The van der Waals surface area contributed by atoms with Crippen LogP contribution in [0.2, 0.25) is 0 Å². The number of amides is 2. The topological polar surface area (TPSA) is 137 Å². The first kappa shape index (κ1) is 25.6. The van der Waals surface area contributed by atoms with Crippen LogP contribution in [0.4, 0.5) is 17.1 Å². The van der Waals surface area contributed by atoms with E-state index in [1.54, 1.807) is 56.5 Å². The third kappa shape index (κ3) is 7.00. The number of esters is 1. The number of benzene rings is 3. The number of hydrogen-bond acceptors (Lipinski definition) is 7. The Hall–Kier alpha value is -4.99. The molecule has 184 valence electrons. The van der Waals surface area contributed by atoms with Crippen LogP contribution in [-0.4, -0.2) is 36.4 Å². The third-order valence-corrected chi connectivity index (χ3v) is 4.99. The first-order chi connectivity index (χ1) is 17.3. The summed E-state index contributed by atoms with van der Waals surface area (Å²) in [5.74, 6) is -1.27. The van der Waals surface area contributed by atoms with Crippen molar-refractivity contribution in [1.82, 2.24) is 0 Å². The van der Waals surface area contributed by atoms with E-state index in [9.17, 15) is 24.5 Å². The number of carbonyl (C=O) groups is 3. The monoisotopic (exact) mass is 489 g/mol. The molecule has 0 heterocycles. The minimum Gasteiger partial charge on any atom is -0.497 e. The van der Waals surface area contributed by atoms with Gasteiger partial charge in [-0.15, -0.1) is 0 Å². The summed E-state index contributed by atoms with van der Waals surface area (Å²) in [6.45, 7) is 1.05. The molecule has 0 aliphatic rings. The van der Waals surface area contributed by atoms with E-state index < -0.39 is 29.3 Å². The highest BCUT2D eigenvalue weighted by molar-refractivity contribution is 6.06. The quantitative estimate of drug-likeness (QED) is 0.197. The summed E-state index contributed by atoms with van der Waals surface area (Å²) in [5.41, 5.74) is 1.71. The van der Waals surface area contributed by atoms with Crippen molar-refractivity contribution >= 4 is 40.9 Å².